The minimum atomic E-state index is -5.09. The summed E-state index contributed by atoms with van der Waals surface area (Å²) in [6.07, 6.45) is -3.46. The molecule has 1 amide bonds. The summed E-state index contributed by atoms with van der Waals surface area (Å²) in [5.74, 6) is 3.25. The molecule has 5 aromatic rings. The number of pyridine rings is 1. The normalized spacial score (nSPS) is 21.0. The number of fused-ring (bicyclic) bond motifs is 4. The number of amides is 1. The van der Waals surface area contributed by atoms with Gasteiger partial charge in [-0.3, -0.25) is 9.80 Å². The van der Waals surface area contributed by atoms with Gasteiger partial charge in [-0.15, -0.1) is 5.54 Å². The van der Waals surface area contributed by atoms with E-state index in [1.54, 1.807) is 69.1 Å². The first-order chi connectivity index (χ1) is 34.5. The number of hydrogen-bond donors (Lipinski definition) is 0. The summed E-state index contributed by atoms with van der Waals surface area (Å²) in [5.41, 5.74) is -0.0495. The number of aromatic nitrogens is 3. The lowest BCUT2D eigenvalue weighted by Crippen LogP contribution is -2.57. The Morgan fingerprint density at radius 2 is 1.52 bits per heavy atom. The van der Waals surface area contributed by atoms with Crippen LogP contribution < -0.4 is 24.0 Å². The highest BCUT2D eigenvalue weighted by Gasteiger charge is 2.50. The first-order valence-electron chi connectivity index (χ1n) is 24.7. The molecule has 4 aliphatic rings. The summed E-state index contributed by atoms with van der Waals surface area (Å²) in [4.78, 5) is 35.3. The molecule has 388 valence electrons. The van der Waals surface area contributed by atoms with Gasteiger partial charge in [0.15, 0.2) is 5.82 Å². The highest BCUT2D eigenvalue weighted by atomic mass is 35.5. The molecule has 2 bridgehead atoms. The van der Waals surface area contributed by atoms with E-state index in [1.165, 1.54) is 12.1 Å². The van der Waals surface area contributed by atoms with Gasteiger partial charge in [-0.25, -0.2) is 18.6 Å². The number of anilines is 2. The lowest BCUT2D eigenvalue weighted by atomic mass is 9.95. The summed E-state index contributed by atoms with van der Waals surface area (Å²) in [7, 11) is 0.786. The summed E-state index contributed by atoms with van der Waals surface area (Å²) < 4.78 is 104. The molecule has 73 heavy (non-hydrogen) atoms. The van der Waals surface area contributed by atoms with Gasteiger partial charge in [-0.2, -0.15) is 23.1 Å². The molecule has 2 aromatic heterocycles. The second-order valence-electron chi connectivity index (χ2n) is 21.6. The smallest absolute Gasteiger partial charge is 0.419 e. The van der Waals surface area contributed by atoms with Crippen LogP contribution in [0.15, 0.2) is 60.7 Å². The van der Waals surface area contributed by atoms with Crippen LogP contribution in [0.4, 0.5) is 38.4 Å². The Bertz CT molecular complexity index is 2880. The summed E-state index contributed by atoms with van der Waals surface area (Å²) >= 11 is 7.15. The Morgan fingerprint density at radius 1 is 0.904 bits per heavy atom. The molecule has 0 saturated carbocycles. The minimum Gasteiger partial charge on any atom is -0.497 e. The van der Waals surface area contributed by atoms with Crippen LogP contribution in [0.25, 0.3) is 22.2 Å². The first kappa shape index (κ1) is 52.0. The predicted molar refractivity (Wildman–Crippen MR) is 274 cm³/mol. The molecule has 4 saturated heterocycles. The van der Waals surface area contributed by atoms with E-state index in [0.29, 0.717) is 37.3 Å². The van der Waals surface area contributed by atoms with Crippen LogP contribution in [0.5, 0.6) is 17.5 Å². The molecule has 6 heterocycles. The number of hydrogen-bond acceptors (Lipinski definition) is 11. The number of benzene rings is 3. The number of methoxy groups -OCH3 is 2. The largest absolute Gasteiger partial charge is 0.497 e. The summed E-state index contributed by atoms with van der Waals surface area (Å²) in [6, 6.07) is 16.4. The van der Waals surface area contributed by atoms with Gasteiger partial charge in [0.05, 0.1) is 53.7 Å². The number of alkyl halides is 4. The average molecular weight is 1050 g/mol. The predicted octanol–water partition coefficient (Wildman–Crippen LogP) is 11.5. The lowest BCUT2D eigenvalue weighted by Gasteiger charge is -2.42. The maximum absolute atomic E-state index is 18.2. The van der Waals surface area contributed by atoms with Crippen LogP contribution in [0.1, 0.15) is 75.1 Å². The third-order valence-corrected chi connectivity index (χ3v) is 15.1. The van der Waals surface area contributed by atoms with Crippen LogP contribution in [0.3, 0.4) is 0 Å². The number of carbonyl (C=O) groups is 1. The molecule has 0 N–H and O–H groups in total. The standard InChI is InChI=1S/C54H61ClF5N7O5Si/c1-52(2,3)72-51(68)67-37-14-15-38(67)31-65(30-37)49-41-25-42(55)44(46(57)47(41)62-50(63-49)71-32-53-21-9-22-66(53)29-36(56)26-53)48-45(54(58,59)60)35(20-23-73(6,7)8)24-43(61-48)64(27-33-10-16-39(69-4)17-11-33)28-34-12-18-40(70-5)19-13-34/h10-13,16-19,24-25,36-38H,9,14-15,21-22,26-32H2,1-8H3/t36-,37?,38?,53+/m1/s1. The molecule has 4 atom stereocenters. The van der Waals surface area contributed by atoms with Gasteiger partial charge in [-0.05, 0) is 101 Å². The van der Waals surface area contributed by atoms with Crippen molar-refractivity contribution in [1.29, 1.82) is 0 Å². The van der Waals surface area contributed by atoms with Crippen molar-refractivity contribution in [3.05, 3.63) is 93.8 Å². The molecular formula is C54H61ClF5N7O5Si. The molecule has 4 fully saturated rings. The molecule has 0 radical (unpaired) electrons. The van der Waals surface area contributed by atoms with Gasteiger partial charge in [0.25, 0.3) is 0 Å². The van der Waals surface area contributed by atoms with Crippen molar-refractivity contribution in [2.45, 2.75) is 121 Å². The molecule has 9 rings (SSSR count). The van der Waals surface area contributed by atoms with E-state index >= 15 is 17.6 Å². The van der Waals surface area contributed by atoms with Crippen molar-refractivity contribution < 1.29 is 45.7 Å². The van der Waals surface area contributed by atoms with Gasteiger partial charge >= 0.3 is 18.3 Å². The Labute approximate surface area is 429 Å². The van der Waals surface area contributed by atoms with Crippen LogP contribution in [-0.4, -0.2) is 115 Å². The van der Waals surface area contributed by atoms with Crippen LogP contribution in [0.2, 0.25) is 24.7 Å². The number of nitrogens with zero attached hydrogens (tertiary/aromatic N) is 7. The molecule has 0 spiro atoms. The SMILES string of the molecule is COc1ccc(CN(Cc2ccc(OC)cc2)c2cc(C#C[Si](C)(C)C)c(C(F)(F)F)c(-c3c(Cl)cc4c(N5CC6CCC(C5)N6C(=O)OC(C)(C)C)nc(OC[C@@]56CCCN5C[C@H](F)C6)nc4c3F)n2)cc1. The Balaban J connectivity index is 1.22. The van der Waals surface area contributed by atoms with Crippen LogP contribution >= 0.6 is 11.6 Å². The number of rotatable bonds is 12. The van der Waals surface area contributed by atoms with E-state index < -0.39 is 65.9 Å². The van der Waals surface area contributed by atoms with Crippen molar-refractivity contribution in [1.82, 2.24) is 24.8 Å². The van der Waals surface area contributed by atoms with E-state index in [4.69, 9.17) is 40.5 Å². The highest BCUT2D eigenvalue weighted by molar-refractivity contribution is 6.83. The summed E-state index contributed by atoms with van der Waals surface area (Å²) in [5, 5.41) is -0.242. The van der Waals surface area contributed by atoms with Gasteiger partial charge in [-0.1, -0.05) is 61.4 Å². The Morgan fingerprint density at radius 3 is 2.08 bits per heavy atom. The fourth-order valence-electron chi connectivity index (χ4n) is 10.7. The quantitative estimate of drug-likeness (QED) is 0.0677. The zero-order valence-electron chi connectivity index (χ0n) is 42.4. The zero-order valence-corrected chi connectivity index (χ0v) is 44.2. The molecule has 3 aromatic carbocycles. The number of carbonyl (C=O) groups excluding carboxylic acids is 1. The van der Waals surface area contributed by atoms with Gasteiger partial charge in [0, 0.05) is 50.1 Å². The maximum atomic E-state index is 18.2. The topological polar surface area (TPSA) is 106 Å². The molecular weight excluding hydrogens is 985 g/mol. The van der Waals surface area contributed by atoms with Crippen molar-refractivity contribution >= 4 is 48.3 Å². The van der Waals surface area contributed by atoms with Gasteiger partial charge < -0.3 is 28.7 Å². The summed E-state index contributed by atoms with van der Waals surface area (Å²) in [6.45, 7) is 13.1. The van der Waals surface area contributed by atoms with E-state index in [2.05, 4.69) is 21.3 Å². The fourth-order valence-corrected chi connectivity index (χ4v) is 11.4. The monoisotopic (exact) mass is 1050 g/mol. The number of halogens is 6. The second kappa shape index (κ2) is 20.1. The van der Waals surface area contributed by atoms with E-state index in [0.717, 1.165) is 17.5 Å². The highest BCUT2D eigenvalue weighted by Crippen LogP contribution is 2.47. The average Bonchev–Trinajstić information content (AvgIpc) is 3.95. The number of piperazine rings is 1. The van der Waals surface area contributed by atoms with Crippen LogP contribution in [0, 0.1) is 17.3 Å². The maximum Gasteiger partial charge on any atom is 0.419 e. The van der Waals surface area contributed by atoms with Crippen molar-refractivity contribution in [3.63, 3.8) is 0 Å². The molecule has 12 nitrogen and oxygen atoms in total. The van der Waals surface area contributed by atoms with Crippen molar-refractivity contribution in [2.75, 3.05) is 56.8 Å². The number of ether oxygens (including phenoxy) is 4. The van der Waals surface area contributed by atoms with Crippen molar-refractivity contribution in [2.24, 2.45) is 0 Å². The van der Waals surface area contributed by atoms with Gasteiger partial charge in [0.1, 0.15) is 55.1 Å². The molecule has 19 heteroatoms. The third-order valence-electron chi connectivity index (χ3n) is 13.9. The van der Waals surface area contributed by atoms with Crippen molar-refractivity contribution in [3.8, 4) is 40.2 Å². The Hall–Kier alpha value is -5.90. The third kappa shape index (κ3) is 11.1. The lowest BCUT2D eigenvalue weighted by molar-refractivity contribution is -0.137. The molecule has 0 aliphatic carbocycles. The Kier molecular flexibility index (Phi) is 14.3. The van der Waals surface area contributed by atoms with E-state index in [-0.39, 0.29) is 91.4 Å². The van der Waals surface area contributed by atoms with E-state index in [9.17, 15) is 9.18 Å². The van der Waals surface area contributed by atoms with Gasteiger partial charge in [0.2, 0.25) is 0 Å². The first-order valence-corrected chi connectivity index (χ1v) is 28.5. The van der Waals surface area contributed by atoms with Crippen LogP contribution in [-0.2, 0) is 24.0 Å². The second-order valence-corrected chi connectivity index (χ2v) is 26.8. The minimum absolute atomic E-state index is 0.0112. The molecule has 4 aliphatic heterocycles. The van der Waals surface area contributed by atoms with E-state index in [1.807, 2.05) is 48.8 Å². The fraction of sp³-hybridized carbons (Fsp3) is 0.481. The molecule has 2 unspecified atom stereocenters. The zero-order chi connectivity index (χ0) is 52.2.